The zero-order valence-corrected chi connectivity index (χ0v) is 7.58. The molecule has 2 N–H and O–H groups in total. The Morgan fingerprint density at radius 2 is 1.73 bits per heavy atom. The minimum absolute atomic E-state index is 0.266. The molecule has 2 heteroatoms. The molecule has 0 bridgehead atoms. The summed E-state index contributed by atoms with van der Waals surface area (Å²) in [5, 5.41) is 17.6. The standard InChI is InChI=1S/C9H20O2/c1-3-9(7-11)5-4-8(2)6-10/h8-11H,3-7H2,1-2H3. The van der Waals surface area contributed by atoms with E-state index in [1.54, 1.807) is 0 Å². The Hall–Kier alpha value is -0.0800. The maximum absolute atomic E-state index is 8.85. The number of hydrogen-bond donors (Lipinski definition) is 2. The van der Waals surface area contributed by atoms with E-state index in [0.717, 1.165) is 19.3 Å². The third-order valence-corrected chi connectivity index (χ3v) is 2.21. The molecular weight excluding hydrogens is 140 g/mol. The van der Waals surface area contributed by atoms with Gasteiger partial charge in [0.15, 0.2) is 0 Å². The maximum Gasteiger partial charge on any atom is 0.0459 e. The fourth-order valence-electron chi connectivity index (χ4n) is 1.04. The lowest BCUT2D eigenvalue weighted by Gasteiger charge is -2.13. The Kier molecular flexibility index (Phi) is 6.57. The van der Waals surface area contributed by atoms with Crippen molar-refractivity contribution >= 4 is 0 Å². The highest BCUT2D eigenvalue weighted by Gasteiger charge is 2.06. The third kappa shape index (κ3) is 5.22. The summed E-state index contributed by atoms with van der Waals surface area (Å²) in [6.45, 7) is 4.67. The molecule has 0 aromatic heterocycles. The van der Waals surface area contributed by atoms with Crippen molar-refractivity contribution in [2.45, 2.75) is 33.1 Å². The van der Waals surface area contributed by atoms with Crippen LogP contribution in [-0.4, -0.2) is 23.4 Å². The van der Waals surface area contributed by atoms with E-state index < -0.39 is 0 Å². The summed E-state index contributed by atoms with van der Waals surface area (Å²) in [6, 6.07) is 0. The van der Waals surface area contributed by atoms with Gasteiger partial charge in [0.05, 0.1) is 0 Å². The highest BCUT2D eigenvalue weighted by Crippen LogP contribution is 2.14. The molecule has 2 atom stereocenters. The zero-order chi connectivity index (χ0) is 8.69. The van der Waals surface area contributed by atoms with Gasteiger partial charge in [-0.05, 0) is 24.7 Å². The fraction of sp³-hybridized carbons (Fsp3) is 1.00. The number of hydrogen-bond acceptors (Lipinski definition) is 2. The molecule has 0 radical (unpaired) electrons. The Morgan fingerprint density at radius 1 is 1.09 bits per heavy atom. The molecule has 0 saturated carbocycles. The van der Waals surface area contributed by atoms with Crippen molar-refractivity contribution in [2.75, 3.05) is 13.2 Å². The van der Waals surface area contributed by atoms with Gasteiger partial charge < -0.3 is 10.2 Å². The molecule has 0 aliphatic carbocycles. The predicted octanol–water partition coefficient (Wildman–Crippen LogP) is 1.41. The maximum atomic E-state index is 8.85. The van der Waals surface area contributed by atoms with Crippen LogP contribution in [0.15, 0.2) is 0 Å². The summed E-state index contributed by atoms with van der Waals surface area (Å²) in [5.41, 5.74) is 0. The smallest absolute Gasteiger partial charge is 0.0459 e. The molecule has 68 valence electrons. The van der Waals surface area contributed by atoms with Gasteiger partial charge in [0.2, 0.25) is 0 Å². The van der Waals surface area contributed by atoms with E-state index in [1.165, 1.54) is 0 Å². The molecule has 0 saturated heterocycles. The quantitative estimate of drug-likeness (QED) is 0.617. The van der Waals surface area contributed by atoms with Gasteiger partial charge in [-0.3, -0.25) is 0 Å². The second-order valence-electron chi connectivity index (χ2n) is 3.32. The Bertz CT molecular complexity index is 79.6. The van der Waals surface area contributed by atoms with E-state index in [0.29, 0.717) is 11.8 Å². The van der Waals surface area contributed by atoms with Crippen molar-refractivity contribution < 1.29 is 10.2 Å². The van der Waals surface area contributed by atoms with Crippen LogP contribution in [0.3, 0.4) is 0 Å². The Balaban J connectivity index is 3.34. The monoisotopic (exact) mass is 160 g/mol. The highest BCUT2D eigenvalue weighted by molar-refractivity contribution is 4.58. The summed E-state index contributed by atoms with van der Waals surface area (Å²) >= 11 is 0. The molecule has 2 nitrogen and oxygen atoms in total. The minimum atomic E-state index is 0.266. The van der Waals surface area contributed by atoms with Crippen molar-refractivity contribution in [3.05, 3.63) is 0 Å². The molecule has 0 fully saturated rings. The summed E-state index contributed by atoms with van der Waals surface area (Å²) in [4.78, 5) is 0. The van der Waals surface area contributed by atoms with Crippen LogP contribution in [-0.2, 0) is 0 Å². The minimum Gasteiger partial charge on any atom is -0.396 e. The van der Waals surface area contributed by atoms with Crippen molar-refractivity contribution in [3.8, 4) is 0 Å². The van der Waals surface area contributed by atoms with Crippen LogP contribution < -0.4 is 0 Å². The van der Waals surface area contributed by atoms with Gasteiger partial charge in [0.1, 0.15) is 0 Å². The first-order valence-corrected chi connectivity index (χ1v) is 4.46. The topological polar surface area (TPSA) is 40.5 Å². The lowest BCUT2D eigenvalue weighted by Crippen LogP contribution is -2.08. The first kappa shape index (κ1) is 10.9. The van der Waals surface area contributed by atoms with Crippen LogP contribution in [0.5, 0.6) is 0 Å². The molecule has 0 aromatic carbocycles. The summed E-state index contributed by atoms with van der Waals surface area (Å²) in [7, 11) is 0. The molecule has 0 aliphatic rings. The van der Waals surface area contributed by atoms with Gasteiger partial charge in [-0.1, -0.05) is 20.3 Å². The lowest BCUT2D eigenvalue weighted by atomic mass is 9.96. The normalized spacial score (nSPS) is 16.4. The molecule has 11 heavy (non-hydrogen) atoms. The van der Waals surface area contributed by atoms with E-state index in [-0.39, 0.29) is 13.2 Å². The van der Waals surface area contributed by atoms with Crippen LogP contribution in [0, 0.1) is 11.8 Å². The average molecular weight is 160 g/mol. The average Bonchev–Trinajstić information content (AvgIpc) is 2.06. The SMILES string of the molecule is CCC(CO)CCC(C)CO. The molecule has 0 heterocycles. The van der Waals surface area contributed by atoms with Gasteiger partial charge in [-0.15, -0.1) is 0 Å². The largest absolute Gasteiger partial charge is 0.396 e. The van der Waals surface area contributed by atoms with E-state index in [9.17, 15) is 0 Å². The van der Waals surface area contributed by atoms with Crippen LogP contribution in [0.2, 0.25) is 0 Å². The predicted molar refractivity (Wildman–Crippen MR) is 46.4 cm³/mol. The molecule has 2 unspecified atom stereocenters. The molecule has 0 spiro atoms. The van der Waals surface area contributed by atoms with Crippen molar-refractivity contribution in [2.24, 2.45) is 11.8 Å². The molecule has 0 aromatic rings. The van der Waals surface area contributed by atoms with Crippen molar-refractivity contribution in [1.29, 1.82) is 0 Å². The van der Waals surface area contributed by atoms with E-state index in [4.69, 9.17) is 10.2 Å². The first-order chi connectivity index (χ1) is 5.24. The number of aliphatic hydroxyl groups excluding tert-OH is 2. The molecular formula is C9H20O2. The van der Waals surface area contributed by atoms with Crippen LogP contribution in [0.1, 0.15) is 33.1 Å². The summed E-state index contributed by atoms with van der Waals surface area (Å²) < 4.78 is 0. The van der Waals surface area contributed by atoms with Gasteiger partial charge >= 0.3 is 0 Å². The Labute approximate surface area is 69.2 Å². The third-order valence-electron chi connectivity index (χ3n) is 2.21. The molecule has 0 amide bonds. The van der Waals surface area contributed by atoms with Crippen molar-refractivity contribution in [1.82, 2.24) is 0 Å². The van der Waals surface area contributed by atoms with Gasteiger partial charge in [-0.25, -0.2) is 0 Å². The second-order valence-corrected chi connectivity index (χ2v) is 3.32. The van der Waals surface area contributed by atoms with Crippen LogP contribution in [0.25, 0.3) is 0 Å². The van der Waals surface area contributed by atoms with Gasteiger partial charge in [0, 0.05) is 13.2 Å². The van der Waals surface area contributed by atoms with E-state index >= 15 is 0 Å². The number of rotatable bonds is 6. The molecule has 0 aliphatic heterocycles. The first-order valence-electron chi connectivity index (χ1n) is 4.46. The van der Waals surface area contributed by atoms with Crippen molar-refractivity contribution in [3.63, 3.8) is 0 Å². The van der Waals surface area contributed by atoms with Crippen LogP contribution >= 0.6 is 0 Å². The number of aliphatic hydroxyl groups is 2. The van der Waals surface area contributed by atoms with E-state index in [2.05, 4.69) is 6.92 Å². The van der Waals surface area contributed by atoms with E-state index in [1.807, 2.05) is 6.92 Å². The second kappa shape index (κ2) is 6.62. The fourth-order valence-corrected chi connectivity index (χ4v) is 1.04. The van der Waals surface area contributed by atoms with Gasteiger partial charge in [0.25, 0.3) is 0 Å². The highest BCUT2D eigenvalue weighted by atomic mass is 16.3. The summed E-state index contributed by atoms with van der Waals surface area (Å²) in [6.07, 6.45) is 3.10. The lowest BCUT2D eigenvalue weighted by molar-refractivity contribution is 0.187. The zero-order valence-electron chi connectivity index (χ0n) is 7.58. The van der Waals surface area contributed by atoms with Crippen LogP contribution in [0.4, 0.5) is 0 Å². The Morgan fingerprint density at radius 3 is 2.09 bits per heavy atom. The van der Waals surface area contributed by atoms with Gasteiger partial charge in [-0.2, -0.15) is 0 Å². The molecule has 0 rings (SSSR count). The summed E-state index contributed by atoms with van der Waals surface area (Å²) in [5.74, 6) is 0.819.